The summed E-state index contributed by atoms with van der Waals surface area (Å²) in [4.78, 5) is 0. The first-order valence-electron chi connectivity index (χ1n) is 3.14. The quantitative estimate of drug-likeness (QED) is 0.502. The molecule has 0 unspecified atom stereocenters. The molecule has 72 valence electrons. The number of halogens is 5. The van der Waals surface area contributed by atoms with Crippen LogP contribution < -0.4 is 5.73 Å². The zero-order valence-electron chi connectivity index (χ0n) is 6.12. The first kappa shape index (κ1) is 9.76. The molecule has 0 aromatic heterocycles. The third-order valence-electron chi connectivity index (χ3n) is 1.39. The van der Waals surface area contributed by atoms with Crippen LogP contribution in [0.2, 0.25) is 0 Å². The summed E-state index contributed by atoms with van der Waals surface area (Å²) in [5.74, 6) is -2.87. The van der Waals surface area contributed by atoms with Crippen molar-refractivity contribution in [3.05, 3.63) is 29.3 Å². The van der Waals surface area contributed by atoms with Gasteiger partial charge in [0.15, 0.2) is 0 Å². The van der Waals surface area contributed by atoms with Crippen LogP contribution in [0.25, 0.3) is 0 Å². The van der Waals surface area contributed by atoms with E-state index in [1.807, 2.05) is 0 Å². The van der Waals surface area contributed by atoms with Crippen LogP contribution >= 0.6 is 0 Å². The lowest BCUT2D eigenvalue weighted by molar-refractivity contribution is -0.139. The Bertz CT molecular complexity index is 330. The van der Waals surface area contributed by atoms with Crippen molar-refractivity contribution in [1.82, 2.24) is 0 Å². The molecular formula is C7H4F5N. The summed E-state index contributed by atoms with van der Waals surface area (Å²) in [6.45, 7) is 0. The second-order valence-electron chi connectivity index (χ2n) is 2.35. The third-order valence-corrected chi connectivity index (χ3v) is 1.39. The van der Waals surface area contributed by atoms with E-state index in [1.54, 1.807) is 0 Å². The highest BCUT2D eigenvalue weighted by molar-refractivity contribution is 5.44. The van der Waals surface area contributed by atoms with Gasteiger partial charge in [0.05, 0.1) is 11.3 Å². The van der Waals surface area contributed by atoms with Crippen LogP contribution in [-0.2, 0) is 6.18 Å². The molecule has 1 nitrogen and oxygen atoms in total. The molecule has 2 N–H and O–H groups in total. The maximum atomic E-state index is 12.5. The zero-order valence-corrected chi connectivity index (χ0v) is 6.12. The van der Waals surface area contributed by atoms with Crippen molar-refractivity contribution in [2.75, 3.05) is 5.73 Å². The molecule has 0 aliphatic carbocycles. The van der Waals surface area contributed by atoms with Crippen molar-refractivity contribution in [1.29, 1.82) is 0 Å². The molecule has 0 spiro atoms. The molecule has 1 rings (SSSR count). The van der Waals surface area contributed by atoms with Gasteiger partial charge in [-0.15, -0.1) is 0 Å². The molecule has 1 aromatic rings. The van der Waals surface area contributed by atoms with Crippen LogP contribution in [0.5, 0.6) is 0 Å². The van der Waals surface area contributed by atoms with Crippen LogP contribution in [0.4, 0.5) is 27.6 Å². The summed E-state index contributed by atoms with van der Waals surface area (Å²) in [7, 11) is 0. The maximum absolute atomic E-state index is 12.5. The first-order chi connectivity index (χ1) is 5.82. The zero-order chi connectivity index (χ0) is 10.2. The lowest BCUT2D eigenvalue weighted by Gasteiger charge is -2.08. The van der Waals surface area contributed by atoms with Gasteiger partial charge in [-0.2, -0.15) is 13.2 Å². The van der Waals surface area contributed by atoms with Gasteiger partial charge < -0.3 is 5.73 Å². The number of hydrogen-bond acceptors (Lipinski definition) is 1. The number of nitrogen functional groups attached to an aromatic ring is 1. The van der Waals surface area contributed by atoms with E-state index in [4.69, 9.17) is 5.73 Å². The summed E-state index contributed by atoms with van der Waals surface area (Å²) >= 11 is 0. The van der Waals surface area contributed by atoms with E-state index in [0.717, 1.165) is 0 Å². The summed E-state index contributed by atoms with van der Waals surface area (Å²) in [6, 6.07) is 0.336. The Labute approximate surface area is 70.0 Å². The molecule has 1 aromatic carbocycles. The Kier molecular flexibility index (Phi) is 2.15. The molecule has 0 bridgehead atoms. The minimum Gasteiger partial charge on any atom is -0.396 e. The Morgan fingerprint density at radius 1 is 1.00 bits per heavy atom. The molecule has 0 aliphatic rings. The predicted molar refractivity (Wildman–Crippen MR) is 35.8 cm³/mol. The summed E-state index contributed by atoms with van der Waals surface area (Å²) < 4.78 is 60.8. The van der Waals surface area contributed by atoms with Crippen LogP contribution in [-0.4, -0.2) is 0 Å². The van der Waals surface area contributed by atoms with Crippen LogP contribution in [0.3, 0.4) is 0 Å². The number of anilines is 1. The Morgan fingerprint density at radius 2 is 1.54 bits per heavy atom. The lowest BCUT2D eigenvalue weighted by atomic mass is 10.2. The largest absolute Gasteiger partial charge is 0.419 e. The number of rotatable bonds is 0. The van der Waals surface area contributed by atoms with Gasteiger partial charge in [-0.3, -0.25) is 0 Å². The topological polar surface area (TPSA) is 26.0 Å². The monoisotopic (exact) mass is 197 g/mol. The van der Waals surface area contributed by atoms with Gasteiger partial charge >= 0.3 is 6.18 Å². The SMILES string of the molecule is Nc1cc(C(F)(F)F)c(F)cc1F. The predicted octanol–water partition coefficient (Wildman–Crippen LogP) is 2.57. The third kappa shape index (κ3) is 1.88. The second-order valence-corrected chi connectivity index (χ2v) is 2.35. The van der Waals surface area contributed by atoms with Gasteiger partial charge in [0.2, 0.25) is 0 Å². The van der Waals surface area contributed by atoms with E-state index < -0.39 is 29.1 Å². The molecule has 0 saturated heterocycles. The average molecular weight is 197 g/mol. The molecule has 6 heteroatoms. The average Bonchev–Trinajstić information content (AvgIpc) is 1.94. The van der Waals surface area contributed by atoms with E-state index in [9.17, 15) is 22.0 Å². The van der Waals surface area contributed by atoms with Gasteiger partial charge in [0, 0.05) is 6.07 Å². The minimum atomic E-state index is -4.86. The molecule has 13 heavy (non-hydrogen) atoms. The van der Waals surface area contributed by atoms with Crippen molar-refractivity contribution in [3.8, 4) is 0 Å². The number of nitrogens with two attached hydrogens (primary N) is 1. The number of hydrogen-bond donors (Lipinski definition) is 1. The van der Waals surface area contributed by atoms with Crippen molar-refractivity contribution in [2.24, 2.45) is 0 Å². The van der Waals surface area contributed by atoms with Gasteiger partial charge in [-0.25, -0.2) is 8.78 Å². The Morgan fingerprint density at radius 3 is 2.00 bits per heavy atom. The van der Waals surface area contributed by atoms with Crippen LogP contribution in [0, 0.1) is 11.6 Å². The maximum Gasteiger partial charge on any atom is 0.419 e. The van der Waals surface area contributed by atoms with Gasteiger partial charge in [0.1, 0.15) is 11.6 Å². The fraction of sp³-hybridized carbons (Fsp3) is 0.143. The van der Waals surface area contributed by atoms with Gasteiger partial charge in [-0.05, 0) is 6.07 Å². The molecule has 0 atom stereocenters. The fourth-order valence-corrected chi connectivity index (χ4v) is 0.783. The molecular weight excluding hydrogens is 193 g/mol. The molecule has 0 radical (unpaired) electrons. The van der Waals surface area contributed by atoms with Gasteiger partial charge in [0.25, 0.3) is 0 Å². The Hall–Kier alpha value is -1.33. The van der Waals surface area contributed by atoms with Crippen molar-refractivity contribution >= 4 is 5.69 Å². The highest BCUT2D eigenvalue weighted by Gasteiger charge is 2.34. The highest BCUT2D eigenvalue weighted by atomic mass is 19.4. The van der Waals surface area contributed by atoms with Gasteiger partial charge in [-0.1, -0.05) is 0 Å². The molecule has 0 aliphatic heterocycles. The standard InChI is InChI=1S/C7H4F5N/c8-4-2-5(9)6(13)1-3(4)7(10,11)12/h1-2H,13H2. The summed E-state index contributed by atoms with van der Waals surface area (Å²) in [5, 5.41) is 0. The molecule has 0 amide bonds. The Balaban J connectivity index is 3.32. The molecule has 0 heterocycles. The molecule has 0 saturated carbocycles. The number of alkyl halides is 3. The smallest absolute Gasteiger partial charge is 0.396 e. The highest BCUT2D eigenvalue weighted by Crippen LogP contribution is 2.33. The summed E-state index contributed by atoms with van der Waals surface area (Å²) in [6.07, 6.45) is -4.86. The first-order valence-corrected chi connectivity index (χ1v) is 3.14. The molecule has 0 fully saturated rings. The second kappa shape index (κ2) is 2.86. The fourth-order valence-electron chi connectivity index (χ4n) is 0.783. The van der Waals surface area contributed by atoms with E-state index in [-0.39, 0.29) is 12.1 Å². The lowest BCUT2D eigenvalue weighted by Crippen LogP contribution is -2.09. The number of benzene rings is 1. The minimum absolute atomic E-state index is 0.109. The summed E-state index contributed by atoms with van der Waals surface area (Å²) in [5.41, 5.74) is 2.55. The van der Waals surface area contributed by atoms with Crippen LogP contribution in [0.15, 0.2) is 12.1 Å². The van der Waals surface area contributed by atoms with E-state index >= 15 is 0 Å². The van der Waals surface area contributed by atoms with Crippen molar-refractivity contribution in [3.63, 3.8) is 0 Å². The van der Waals surface area contributed by atoms with E-state index in [0.29, 0.717) is 0 Å². The van der Waals surface area contributed by atoms with E-state index in [2.05, 4.69) is 0 Å². The normalized spacial score (nSPS) is 11.8. The van der Waals surface area contributed by atoms with Crippen molar-refractivity contribution in [2.45, 2.75) is 6.18 Å². The van der Waals surface area contributed by atoms with Crippen molar-refractivity contribution < 1.29 is 22.0 Å². The van der Waals surface area contributed by atoms with E-state index in [1.165, 1.54) is 0 Å². The van der Waals surface area contributed by atoms with Crippen LogP contribution in [0.1, 0.15) is 5.56 Å².